The van der Waals surface area contributed by atoms with Crippen molar-refractivity contribution in [1.82, 2.24) is 29.4 Å². The molecular weight excluding hydrogens is 328 g/mol. The minimum absolute atomic E-state index is 0.240. The maximum Gasteiger partial charge on any atom is 0.123 e. The largest absolute Gasteiger partial charge is 0.382 e. The lowest BCUT2D eigenvalue weighted by Gasteiger charge is -2.38. The number of benzene rings is 1. The van der Waals surface area contributed by atoms with Crippen LogP contribution in [-0.4, -0.2) is 47.6 Å². The number of fused-ring (bicyclic) bond motifs is 1. The Balaban J connectivity index is 1.51. The van der Waals surface area contributed by atoms with Crippen LogP contribution in [0.25, 0.3) is 11.0 Å². The van der Waals surface area contributed by atoms with E-state index in [1.165, 1.54) is 5.56 Å². The van der Waals surface area contributed by atoms with Crippen LogP contribution in [0.2, 0.25) is 0 Å². The van der Waals surface area contributed by atoms with Crippen molar-refractivity contribution in [1.29, 1.82) is 0 Å². The molecule has 7 heteroatoms. The van der Waals surface area contributed by atoms with Crippen LogP contribution in [-0.2, 0) is 19.2 Å². The average molecular weight is 354 g/mol. The summed E-state index contributed by atoms with van der Waals surface area (Å²) >= 11 is 0. The number of piperidine rings is 1. The van der Waals surface area contributed by atoms with E-state index in [1.54, 1.807) is 4.68 Å². The molecular formula is C19H26N6O. The fourth-order valence-electron chi connectivity index (χ4n) is 3.75. The Labute approximate surface area is 153 Å². The molecule has 0 spiro atoms. The molecule has 0 saturated carbocycles. The second-order valence-corrected chi connectivity index (χ2v) is 7.70. The smallest absolute Gasteiger partial charge is 0.123 e. The van der Waals surface area contributed by atoms with Gasteiger partial charge in [0.25, 0.3) is 0 Å². The Morgan fingerprint density at radius 3 is 2.92 bits per heavy atom. The van der Waals surface area contributed by atoms with Gasteiger partial charge in [-0.3, -0.25) is 4.90 Å². The summed E-state index contributed by atoms with van der Waals surface area (Å²) in [6.45, 7) is 6.46. The number of hydrogen-bond donors (Lipinski definition) is 1. The summed E-state index contributed by atoms with van der Waals surface area (Å²) in [6, 6.07) is 6.64. The van der Waals surface area contributed by atoms with E-state index in [0.29, 0.717) is 12.2 Å². The van der Waals surface area contributed by atoms with Gasteiger partial charge in [-0.05, 0) is 50.9 Å². The summed E-state index contributed by atoms with van der Waals surface area (Å²) in [5.74, 6) is 0. The van der Waals surface area contributed by atoms with Crippen LogP contribution in [0.1, 0.15) is 44.0 Å². The summed E-state index contributed by atoms with van der Waals surface area (Å²) in [4.78, 5) is 6.74. The van der Waals surface area contributed by atoms with E-state index in [0.717, 1.165) is 37.0 Å². The highest BCUT2D eigenvalue weighted by atomic mass is 16.3. The van der Waals surface area contributed by atoms with Gasteiger partial charge >= 0.3 is 0 Å². The lowest BCUT2D eigenvalue weighted by molar-refractivity contribution is -0.0414. The van der Waals surface area contributed by atoms with Gasteiger partial charge in [-0.1, -0.05) is 11.3 Å². The molecule has 0 amide bonds. The van der Waals surface area contributed by atoms with Gasteiger partial charge in [0.1, 0.15) is 11.3 Å². The molecule has 0 radical (unpaired) electrons. The van der Waals surface area contributed by atoms with E-state index in [4.69, 9.17) is 0 Å². The van der Waals surface area contributed by atoms with Crippen molar-refractivity contribution < 1.29 is 5.11 Å². The summed E-state index contributed by atoms with van der Waals surface area (Å²) in [5.41, 5.74) is 3.11. The fourth-order valence-corrected chi connectivity index (χ4v) is 3.75. The molecule has 0 bridgehead atoms. The normalized spacial score (nSPS) is 21.7. The van der Waals surface area contributed by atoms with Crippen LogP contribution in [0.4, 0.5) is 0 Å². The van der Waals surface area contributed by atoms with Crippen molar-refractivity contribution in [3.63, 3.8) is 0 Å². The third-order valence-electron chi connectivity index (χ3n) is 5.26. The zero-order chi connectivity index (χ0) is 18.3. The van der Waals surface area contributed by atoms with Crippen LogP contribution in [0.3, 0.4) is 0 Å². The van der Waals surface area contributed by atoms with Gasteiger partial charge in [0, 0.05) is 26.2 Å². The van der Waals surface area contributed by atoms with E-state index in [-0.39, 0.29) is 6.04 Å². The van der Waals surface area contributed by atoms with Crippen LogP contribution in [0.15, 0.2) is 30.7 Å². The lowest BCUT2D eigenvalue weighted by atomic mass is 9.89. The van der Waals surface area contributed by atoms with Crippen LogP contribution in [0, 0.1) is 0 Å². The first-order valence-electron chi connectivity index (χ1n) is 9.22. The predicted molar refractivity (Wildman–Crippen MR) is 99.5 cm³/mol. The van der Waals surface area contributed by atoms with Crippen molar-refractivity contribution in [2.75, 3.05) is 13.1 Å². The first-order chi connectivity index (χ1) is 12.4. The second kappa shape index (κ2) is 6.48. The molecule has 1 aliphatic heterocycles. The molecule has 1 aliphatic rings. The first-order valence-corrected chi connectivity index (χ1v) is 9.22. The molecule has 138 valence electrons. The van der Waals surface area contributed by atoms with Gasteiger partial charge in [0.15, 0.2) is 0 Å². The predicted octanol–water partition coefficient (Wildman–Crippen LogP) is 2.23. The molecule has 7 nitrogen and oxygen atoms in total. The standard InChI is InChI=1S/C19H26N6O/c1-14(2)25-11-18(21-22-25)19(26)7-4-8-24(12-19)10-15-5-6-17-16(9-15)20-13-23(17)3/h5-6,9,11,13-14,26H,4,7-8,10,12H2,1-3H3/t19-/m0/s1. The topological polar surface area (TPSA) is 72.0 Å². The first kappa shape index (κ1) is 17.2. The van der Waals surface area contributed by atoms with Gasteiger partial charge in [-0.2, -0.15) is 0 Å². The molecule has 1 N–H and O–H groups in total. The molecule has 1 fully saturated rings. The number of aromatic nitrogens is 5. The Morgan fingerprint density at radius 2 is 2.15 bits per heavy atom. The number of rotatable bonds is 4. The van der Waals surface area contributed by atoms with Gasteiger partial charge in [0.2, 0.25) is 0 Å². The van der Waals surface area contributed by atoms with Crippen molar-refractivity contribution in [2.45, 2.75) is 44.9 Å². The summed E-state index contributed by atoms with van der Waals surface area (Å²) in [5, 5.41) is 19.6. The molecule has 3 aromatic rings. The molecule has 26 heavy (non-hydrogen) atoms. The Kier molecular flexibility index (Phi) is 4.28. The number of β-amino-alcohol motifs (C(OH)–C–C–N with tert-alkyl or cyclic N) is 1. The molecule has 1 atom stereocenters. The maximum atomic E-state index is 11.2. The van der Waals surface area contributed by atoms with Crippen LogP contribution >= 0.6 is 0 Å². The zero-order valence-corrected chi connectivity index (χ0v) is 15.6. The van der Waals surface area contributed by atoms with E-state index in [2.05, 4.69) is 52.2 Å². The van der Waals surface area contributed by atoms with E-state index in [1.807, 2.05) is 24.1 Å². The molecule has 3 heterocycles. The quantitative estimate of drug-likeness (QED) is 0.778. The number of aliphatic hydroxyl groups is 1. The van der Waals surface area contributed by atoms with Gasteiger partial charge in [-0.25, -0.2) is 9.67 Å². The van der Waals surface area contributed by atoms with Crippen molar-refractivity contribution >= 4 is 11.0 Å². The highest BCUT2D eigenvalue weighted by molar-refractivity contribution is 5.75. The Bertz CT molecular complexity index is 914. The third-order valence-corrected chi connectivity index (χ3v) is 5.26. The zero-order valence-electron chi connectivity index (χ0n) is 15.6. The van der Waals surface area contributed by atoms with Crippen molar-refractivity contribution in [2.24, 2.45) is 7.05 Å². The third kappa shape index (κ3) is 3.12. The highest BCUT2D eigenvalue weighted by Gasteiger charge is 2.37. The number of likely N-dealkylation sites (tertiary alicyclic amines) is 1. The van der Waals surface area contributed by atoms with Crippen molar-refractivity contribution in [3.05, 3.63) is 42.0 Å². The van der Waals surface area contributed by atoms with Gasteiger partial charge in [0.05, 0.1) is 23.6 Å². The van der Waals surface area contributed by atoms with E-state index in [9.17, 15) is 5.11 Å². The van der Waals surface area contributed by atoms with Gasteiger partial charge < -0.3 is 9.67 Å². The molecule has 4 rings (SSSR count). The molecule has 2 aromatic heterocycles. The minimum atomic E-state index is -0.930. The molecule has 0 unspecified atom stereocenters. The summed E-state index contributed by atoms with van der Waals surface area (Å²) in [7, 11) is 2.00. The number of hydrogen-bond acceptors (Lipinski definition) is 5. The Morgan fingerprint density at radius 1 is 1.31 bits per heavy atom. The lowest BCUT2D eigenvalue weighted by Crippen LogP contribution is -2.45. The monoisotopic (exact) mass is 354 g/mol. The average Bonchev–Trinajstić information content (AvgIpc) is 3.23. The molecule has 0 aliphatic carbocycles. The van der Waals surface area contributed by atoms with Crippen LogP contribution in [0.5, 0.6) is 0 Å². The van der Waals surface area contributed by atoms with Gasteiger partial charge in [-0.15, -0.1) is 5.10 Å². The Hall–Kier alpha value is -2.25. The summed E-state index contributed by atoms with van der Waals surface area (Å²) < 4.78 is 3.83. The van der Waals surface area contributed by atoms with Crippen LogP contribution < -0.4 is 0 Å². The number of imidazole rings is 1. The fraction of sp³-hybridized carbons (Fsp3) is 0.526. The molecule has 1 saturated heterocycles. The second-order valence-electron chi connectivity index (χ2n) is 7.70. The maximum absolute atomic E-state index is 11.2. The number of aryl methyl sites for hydroxylation is 1. The van der Waals surface area contributed by atoms with Crippen molar-refractivity contribution in [3.8, 4) is 0 Å². The van der Waals surface area contributed by atoms with E-state index < -0.39 is 5.60 Å². The van der Waals surface area contributed by atoms with E-state index >= 15 is 0 Å². The minimum Gasteiger partial charge on any atom is -0.382 e. The molecule has 1 aromatic carbocycles. The summed E-state index contributed by atoms with van der Waals surface area (Å²) in [6.07, 6.45) is 5.39. The SMILES string of the molecule is CC(C)n1cc([C@]2(O)CCCN(Cc3ccc4c(c3)ncn4C)C2)nn1. The number of nitrogens with zero attached hydrogens (tertiary/aromatic N) is 6. The highest BCUT2D eigenvalue weighted by Crippen LogP contribution is 2.31.